The van der Waals surface area contributed by atoms with Gasteiger partial charge in [-0.15, -0.1) is 11.3 Å². The van der Waals surface area contributed by atoms with Gasteiger partial charge < -0.3 is 15.2 Å². The predicted octanol–water partition coefficient (Wildman–Crippen LogP) is 3.96. The molecule has 0 bridgehead atoms. The van der Waals surface area contributed by atoms with Gasteiger partial charge in [-0.25, -0.2) is 4.98 Å². The van der Waals surface area contributed by atoms with E-state index in [1.165, 1.54) is 28.0 Å². The van der Waals surface area contributed by atoms with E-state index in [0.717, 1.165) is 23.3 Å². The molecule has 31 heavy (non-hydrogen) atoms. The highest BCUT2D eigenvalue weighted by Gasteiger charge is 2.26. The average Bonchev–Trinajstić information content (AvgIpc) is 3.06. The van der Waals surface area contributed by atoms with Crippen LogP contribution in [0.15, 0.2) is 34.2 Å². The summed E-state index contributed by atoms with van der Waals surface area (Å²) in [6.07, 6.45) is 1.91. The Hall–Kier alpha value is -2.65. The van der Waals surface area contributed by atoms with Gasteiger partial charge in [0.2, 0.25) is 11.8 Å². The van der Waals surface area contributed by atoms with Gasteiger partial charge in [-0.2, -0.15) is 0 Å². The minimum absolute atomic E-state index is 0.0253. The minimum atomic E-state index is -0.229. The Morgan fingerprint density at radius 1 is 1.32 bits per heavy atom. The summed E-state index contributed by atoms with van der Waals surface area (Å²) in [6.45, 7) is 6.33. The Labute approximate surface area is 188 Å². The van der Waals surface area contributed by atoms with Gasteiger partial charge in [0.25, 0.3) is 5.56 Å². The Morgan fingerprint density at radius 2 is 2.10 bits per heavy atom. The van der Waals surface area contributed by atoms with Gasteiger partial charge >= 0.3 is 0 Å². The summed E-state index contributed by atoms with van der Waals surface area (Å²) in [4.78, 5) is 48.3. The number of H-pyrrole nitrogens is 1. The van der Waals surface area contributed by atoms with Crippen molar-refractivity contribution in [3.63, 3.8) is 0 Å². The van der Waals surface area contributed by atoms with Crippen LogP contribution < -0.4 is 15.8 Å². The Balaban J connectivity index is 1.54. The highest BCUT2D eigenvalue weighted by atomic mass is 32.2. The number of aromatic nitrogens is 2. The number of thiophene rings is 1. The summed E-state index contributed by atoms with van der Waals surface area (Å²) < 4.78 is 0. The fraction of sp³-hybridized carbons (Fsp3) is 0.364. The number of hydrogen-bond acceptors (Lipinski definition) is 6. The molecular weight excluding hydrogens is 432 g/mol. The lowest BCUT2D eigenvalue weighted by molar-refractivity contribution is -0.120. The van der Waals surface area contributed by atoms with Crippen molar-refractivity contribution in [3.05, 3.63) is 45.1 Å². The molecule has 1 aliphatic heterocycles. The van der Waals surface area contributed by atoms with Gasteiger partial charge in [0, 0.05) is 4.88 Å². The quantitative estimate of drug-likeness (QED) is 0.432. The van der Waals surface area contributed by atoms with Crippen LogP contribution in [0.2, 0.25) is 0 Å². The standard InChI is InChI=1S/C22H24N4O3S2/c1-4-12(2)9-14-13(3)31-21-19(14)20(29)24-22(25-21)30-11-18(28)26-10-17(27)23-15-7-5-6-8-16(15)26/h5-8,12H,4,9-11H2,1-3H3,(H,23,27)(H,24,25,29)/t12-/m1/s1. The molecule has 2 N–H and O–H groups in total. The number of amides is 2. The van der Waals surface area contributed by atoms with Crippen molar-refractivity contribution >= 4 is 56.5 Å². The zero-order chi connectivity index (χ0) is 22.1. The van der Waals surface area contributed by atoms with Crippen molar-refractivity contribution in [1.82, 2.24) is 9.97 Å². The van der Waals surface area contributed by atoms with Crippen LogP contribution in [0, 0.1) is 12.8 Å². The number of nitrogens with zero attached hydrogens (tertiary/aromatic N) is 2. The third kappa shape index (κ3) is 4.38. The fourth-order valence-electron chi connectivity index (χ4n) is 3.63. The van der Waals surface area contributed by atoms with Crippen LogP contribution in [0.4, 0.5) is 11.4 Å². The molecule has 0 saturated heterocycles. The molecule has 4 rings (SSSR count). The van der Waals surface area contributed by atoms with Crippen molar-refractivity contribution in [1.29, 1.82) is 0 Å². The van der Waals surface area contributed by atoms with Gasteiger partial charge in [-0.3, -0.25) is 14.4 Å². The van der Waals surface area contributed by atoms with E-state index in [4.69, 9.17) is 0 Å². The van der Waals surface area contributed by atoms with Gasteiger partial charge in [-0.05, 0) is 37.0 Å². The molecular formula is C22H24N4O3S2. The van der Waals surface area contributed by atoms with E-state index in [0.29, 0.717) is 32.7 Å². The van der Waals surface area contributed by atoms with Gasteiger partial charge in [0.15, 0.2) is 5.16 Å². The SMILES string of the molecule is CC[C@@H](C)Cc1c(C)sc2nc(SCC(=O)N3CC(=O)Nc4ccccc43)[nH]c(=O)c12. The van der Waals surface area contributed by atoms with Crippen LogP contribution >= 0.6 is 23.1 Å². The molecule has 2 aromatic heterocycles. The molecule has 9 heteroatoms. The van der Waals surface area contributed by atoms with E-state index in [1.807, 2.05) is 19.1 Å². The second-order valence-corrected chi connectivity index (χ2v) is 9.91. The predicted molar refractivity (Wildman–Crippen MR) is 126 cm³/mol. The lowest BCUT2D eigenvalue weighted by Gasteiger charge is -2.28. The number of para-hydroxylation sites is 2. The summed E-state index contributed by atoms with van der Waals surface area (Å²) in [5.41, 5.74) is 2.21. The maximum atomic E-state index is 12.8. The Morgan fingerprint density at radius 3 is 2.87 bits per heavy atom. The maximum Gasteiger partial charge on any atom is 0.260 e. The molecule has 7 nitrogen and oxygen atoms in total. The van der Waals surface area contributed by atoms with E-state index in [-0.39, 0.29) is 29.7 Å². The van der Waals surface area contributed by atoms with Crippen LogP contribution in [-0.4, -0.2) is 34.1 Å². The van der Waals surface area contributed by atoms with Crippen molar-refractivity contribution in [2.45, 2.75) is 38.8 Å². The molecule has 162 valence electrons. The molecule has 0 radical (unpaired) electrons. The first-order valence-corrected chi connectivity index (χ1v) is 12.0. The molecule has 2 amide bonds. The molecule has 3 aromatic rings. The second-order valence-electron chi connectivity index (χ2n) is 7.74. The van der Waals surface area contributed by atoms with E-state index >= 15 is 0 Å². The number of aromatic amines is 1. The monoisotopic (exact) mass is 456 g/mol. The number of anilines is 2. The van der Waals surface area contributed by atoms with E-state index in [1.54, 1.807) is 12.1 Å². The van der Waals surface area contributed by atoms with E-state index in [2.05, 4.69) is 29.1 Å². The molecule has 1 aromatic carbocycles. The summed E-state index contributed by atoms with van der Waals surface area (Å²) in [5.74, 6) is 0.120. The summed E-state index contributed by atoms with van der Waals surface area (Å²) in [7, 11) is 0. The number of nitrogens with one attached hydrogen (secondary N) is 2. The van der Waals surface area contributed by atoms with Gasteiger partial charge in [0.1, 0.15) is 11.4 Å². The number of rotatable bonds is 6. The van der Waals surface area contributed by atoms with Crippen LogP contribution in [0.25, 0.3) is 10.2 Å². The smallest absolute Gasteiger partial charge is 0.260 e. The van der Waals surface area contributed by atoms with Crippen LogP contribution in [0.3, 0.4) is 0 Å². The van der Waals surface area contributed by atoms with Crippen LogP contribution in [-0.2, 0) is 16.0 Å². The minimum Gasteiger partial charge on any atom is -0.323 e. The van der Waals surface area contributed by atoms with Crippen molar-refractivity contribution in [2.75, 3.05) is 22.5 Å². The molecule has 0 aliphatic carbocycles. The zero-order valence-corrected chi connectivity index (χ0v) is 19.3. The highest BCUT2D eigenvalue weighted by molar-refractivity contribution is 7.99. The number of thioether (sulfide) groups is 1. The lowest BCUT2D eigenvalue weighted by atomic mass is 9.98. The number of fused-ring (bicyclic) bond motifs is 2. The average molecular weight is 457 g/mol. The van der Waals surface area contributed by atoms with Crippen LogP contribution in [0.1, 0.15) is 30.7 Å². The number of carbonyl (C=O) groups excluding carboxylic acids is 2. The molecule has 1 aliphatic rings. The van der Waals surface area contributed by atoms with E-state index in [9.17, 15) is 14.4 Å². The summed E-state index contributed by atoms with van der Waals surface area (Å²) in [5, 5.41) is 3.85. The molecule has 0 saturated carbocycles. The van der Waals surface area contributed by atoms with Gasteiger partial charge in [-0.1, -0.05) is 44.2 Å². The number of carbonyl (C=O) groups is 2. The largest absolute Gasteiger partial charge is 0.323 e. The molecule has 0 spiro atoms. The lowest BCUT2D eigenvalue weighted by Crippen LogP contribution is -2.43. The first-order chi connectivity index (χ1) is 14.9. The van der Waals surface area contributed by atoms with Crippen molar-refractivity contribution in [3.8, 4) is 0 Å². The summed E-state index contributed by atoms with van der Waals surface area (Å²) in [6, 6.07) is 7.21. The molecule has 3 heterocycles. The maximum absolute atomic E-state index is 12.8. The van der Waals surface area contributed by atoms with Crippen LogP contribution in [0.5, 0.6) is 0 Å². The number of benzene rings is 1. The molecule has 0 unspecified atom stereocenters. The van der Waals surface area contributed by atoms with Gasteiger partial charge in [0.05, 0.1) is 22.5 Å². The van der Waals surface area contributed by atoms with E-state index < -0.39 is 0 Å². The molecule has 1 atom stereocenters. The number of hydrogen-bond donors (Lipinski definition) is 2. The first kappa shape index (κ1) is 21.6. The normalized spacial score (nSPS) is 14.4. The Kier molecular flexibility index (Phi) is 6.15. The molecule has 0 fully saturated rings. The topological polar surface area (TPSA) is 95.2 Å². The fourth-order valence-corrected chi connectivity index (χ4v) is 5.47. The Bertz CT molecular complexity index is 1220. The number of aryl methyl sites for hydroxylation is 1. The first-order valence-electron chi connectivity index (χ1n) is 10.2. The van der Waals surface area contributed by atoms with Crippen molar-refractivity contribution in [2.24, 2.45) is 5.92 Å². The third-order valence-corrected chi connectivity index (χ3v) is 7.39. The zero-order valence-electron chi connectivity index (χ0n) is 17.7. The highest BCUT2D eigenvalue weighted by Crippen LogP contribution is 2.32. The second kappa shape index (κ2) is 8.84. The third-order valence-electron chi connectivity index (χ3n) is 5.49. The summed E-state index contributed by atoms with van der Waals surface area (Å²) >= 11 is 2.70. The van der Waals surface area contributed by atoms with Crippen molar-refractivity contribution < 1.29 is 9.59 Å².